The molecule has 1 unspecified atom stereocenters. The van der Waals surface area contributed by atoms with Gasteiger partial charge in [-0.2, -0.15) is 5.26 Å². The molecule has 0 bridgehead atoms. The lowest BCUT2D eigenvalue weighted by molar-refractivity contribution is 0.283. The van der Waals surface area contributed by atoms with Crippen molar-refractivity contribution >= 4 is 0 Å². The van der Waals surface area contributed by atoms with Crippen molar-refractivity contribution in [3.8, 4) is 6.07 Å². The van der Waals surface area contributed by atoms with Crippen LogP contribution in [0.25, 0.3) is 0 Å². The smallest absolute Gasteiger partial charge is 0.0837 e. The number of hydrogen-bond donors (Lipinski definition) is 2. The van der Waals surface area contributed by atoms with Gasteiger partial charge in [-0.05, 0) is 31.4 Å². The zero-order valence-corrected chi connectivity index (χ0v) is 10.1. The van der Waals surface area contributed by atoms with E-state index in [0.717, 1.165) is 31.4 Å². The van der Waals surface area contributed by atoms with Gasteiger partial charge in [0, 0.05) is 13.2 Å². The van der Waals surface area contributed by atoms with Gasteiger partial charge < -0.3 is 10.4 Å². The molecule has 3 heteroatoms. The molecule has 0 saturated heterocycles. The third-order valence-corrected chi connectivity index (χ3v) is 2.72. The van der Waals surface area contributed by atoms with E-state index in [1.165, 1.54) is 0 Å². The van der Waals surface area contributed by atoms with Crippen molar-refractivity contribution in [1.82, 2.24) is 5.32 Å². The summed E-state index contributed by atoms with van der Waals surface area (Å²) < 4.78 is 0. The molecule has 0 heterocycles. The summed E-state index contributed by atoms with van der Waals surface area (Å²) in [6.07, 6.45) is 2.95. The van der Waals surface area contributed by atoms with Gasteiger partial charge in [-0.1, -0.05) is 30.3 Å². The molecule has 1 rings (SSSR count). The van der Waals surface area contributed by atoms with Crippen molar-refractivity contribution in [2.75, 3.05) is 19.7 Å². The Hall–Kier alpha value is -1.37. The number of nitriles is 1. The molecule has 0 aliphatic rings. The van der Waals surface area contributed by atoms with Crippen LogP contribution in [-0.2, 0) is 0 Å². The molecule has 17 heavy (non-hydrogen) atoms. The maximum absolute atomic E-state index is 9.10. The summed E-state index contributed by atoms with van der Waals surface area (Å²) in [5.74, 6) is -0.0750. The van der Waals surface area contributed by atoms with Crippen LogP contribution < -0.4 is 5.32 Å². The second-order valence-corrected chi connectivity index (χ2v) is 4.08. The number of nitrogens with zero attached hydrogens (tertiary/aromatic N) is 1. The number of hydrogen-bond acceptors (Lipinski definition) is 3. The predicted molar refractivity (Wildman–Crippen MR) is 68.6 cm³/mol. The predicted octanol–water partition coefficient (Wildman–Crippen LogP) is 2.05. The number of rotatable bonds is 8. The Kier molecular flexibility index (Phi) is 7.04. The summed E-state index contributed by atoms with van der Waals surface area (Å²) in [6, 6.07) is 12.2. The first-order valence-corrected chi connectivity index (χ1v) is 6.14. The van der Waals surface area contributed by atoms with Crippen LogP contribution in [-0.4, -0.2) is 24.8 Å². The lowest BCUT2D eigenvalue weighted by Gasteiger charge is -2.10. The minimum Gasteiger partial charge on any atom is -0.396 e. The highest BCUT2D eigenvalue weighted by Gasteiger charge is 2.08. The molecule has 0 spiro atoms. The van der Waals surface area contributed by atoms with Crippen LogP contribution in [0.3, 0.4) is 0 Å². The topological polar surface area (TPSA) is 56.0 Å². The Balaban J connectivity index is 2.23. The highest BCUT2D eigenvalue weighted by Crippen LogP contribution is 2.12. The third kappa shape index (κ3) is 5.48. The minimum atomic E-state index is -0.0750. The second-order valence-electron chi connectivity index (χ2n) is 4.08. The lowest BCUT2D eigenvalue weighted by atomic mass is 10.0. The van der Waals surface area contributed by atoms with E-state index in [-0.39, 0.29) is 12.5 Å². The van der Waals surface area contributed by atoms with E-state index in [4.69, 9.17) is 10.4 Å². The first kappa shape index (κ1) is 13.7. The molecule has 92 valence electrons. The maximum atomic E-state index is 9.10. The molecular weight excluding hydrogens is 212 g/mol. The molecular formula is C14H20N2O. The molecule has 0 aromatic heterocycles. The van der Waals surface area contributed by atoms with Crippen molar-refractivity contribution in [1.29, 1.82) is 5.26 Å². The van der Waals surface area contributed by atoms with Crippen LogP contribution in [0.2, 0.25) is 0 Å². The summed E-state index contributed by atoms with van der Waals surface area (Å²) in [7, 11) is 0. The average Bonchev–Trinajstić information content (AvgIpc) is 2.39. The first-order valence-electron chi connectivity index (χ1n) is 6.14. The molecule has 0 radical (unpaired) electrons. The Bertz CT molecular complexity index is 332. The average molecular weight is 232 g/mol. The highest BCUT2D eigenvalue weighted by molar-refractivity contribution is 5.24. The fourth-order valence-electron chi connectivity index (χ4n) is 1.71. The molecule has 0 saturated carbocycles. The number of unbranched alkanes of at least 4 members (excludes halogenated alkanes) is 2. The zero-order chi connectivity index (χ0) is 12.3. The summed E-state index contributed by atoms with van der Waals surface area (Å²) in [6.45, 7) is 1.87. The van der Waals surface area contributed by atoms with Crippen molar-refractivity contribution in [2.45, 2.75) is 25.2 Å². The van der Waals surface area contributed by atoms with E-state index in [1.807, 2.05) is 30.3 Å². The molecule has 1 aromatic carbocycles. The Morgan fingerprint density at radius 2 is 1.94 bits per heavy atom. The molecule has 2 N–H and O–H groups in total. The van der Waals surface area contributed by atoms with Gasteiger partial charge in [0.25, 0.3) is 0 Å². The van der Waals surface area contributed by atoms with Crippen LogP contribution in [0.5, 0.6) is 0 Å². The minimum absolute atomic E-state index is 0.0750. The van der Waals surface area contributed by atoms with E-state index >= 15 is 0 Å². The monoisotopic (exact) mass is 232 g/mol. The van der Waals surface area contributed by atoms with E-state index < -0.39 is 0 Å². The Morgan fingerprint density at radius 1 is 1.18 bits per heavy atom. The molecule has 1 atom stereocenters. The van der Waals surface area contributed by atoms with Gasteiger partial charge in [0.15, 0.2) is 0 Å². The van der Waals surface area contributed by atoms with Gasteiger partial charge in [-0.3, -0.25) is 0 Å². The van der Waals surface area contributed by atoms with Crippen LogP contribution in [0.4, 0.5) is 0 Å². The van der Waals surface area contributed by atoms with Crippen LogP contribution in [0.1, 0.15) is 30.7 Å². The van der Waals surface area contributed by atoms with E-state index in [1.54, 1.807) is 0 Å². The fourth-order valence-corrected chi connectivity index (χ4v) is 1.71. The lowest BCUT2D eigenvalue weighted by Crippen LogP contribution is -2.22. The van der Waals surface area contributed by atoms with Gasteiger partial charge in [0.2, 0.25) is 0 Å². The molecule has 0 amide bonds. The van der Waals surface area contributed by atoms with Crippen molar-refractivity contribution in [2.24, 2.45) is 0 Å². The summed E-state index contributed by atoms with van der Waals surface area (Å²) in [5.41, 5.74) is 1.07. The summed E-state index contributed by atoms with van der Waals surface area (Å²) >= 11 is 0. The number of aliphatic hydroxyl groups is 1. The van der Waals surface area contributed by atoms with Gasteiger partial charge in [0.1, 0.15) is 0 Å². The largest absolute Gasteiger partial charge is 0.396 e. The van der Waals surface area contributed by atoms with Crippen molar-refractivity contribution in [3.05, 3.63) is 35.9 Å². The summed E-state index contributed by atoms with van der Waals surface area (Å²) in [4.78, 5) is 0. The number of aliphatic hydroxyl groups excluding tert-OH is 1. The second kappa shape index (κ2) is 8.74. The molecule has 0 aliphatic heterocycles. The summed E-state index contributed by atoms with van der Waals surface area (Å²) in [5, 5.41) is 21.0. The van der Waals surface area contributed by atoms with Gasteiger partial charge in [0.05, 0.1) is 12.0 Å². The van der Waals surface area contributed by atoms with E-state index in [0.29, 0.717) is 6.54 Å². The van der Waals surface area contributed by atoms with Crippen molar-refractivity contribution in [3.63, 3.8) is 0 Å². The van der Waals surface area contributed by atoms with Crippen molar-refractivity contribution < 1.29 is 5.11 Å². The Morgan fingerprint density at radius 3 is 2.59 bits per heavy atom. The van der Waals surface area contributed by atoms with Gasteiger partial charge in [-0.25, -0.2) is 0 Å². The number of nitrogens with one attached hydrogen (secondary N) is 1. The van der Waals surface area contributed by atoms with E-state index in [9.17, 15) is 0 Å². The third-order valence-electron chi connectivity index (χ3n) is 2.72. The van der Waals surface area contributed by atoms with Crippen LogP contribution in [0, 0.1) is 11.3 Å². The first-order chi connectivity index (χ1) is 8.38. The zero-order valence-electron chi connectivity index (χ0n) is 10.1. The highest BCUT2D eigenvalue weighted by atomic mass is 16.2. The Labute approximate surface area is 103 Å². The van der Waals surface area contributed by atoms with Gasteiger partial charge >= 0.3 is 0 Å². The normalized spacial score (nSPS) is 12.0. The number of benzene rings is 1. The molecule has 0 fully saturated rings. The van der Waals surface area contributed by atoms with Crippen LogP contribution in [0.15, 0.2) is 30.3 Å². The van der Waals surface area contributed by atoms with E-state index in [2.05, 4.69) is 11.4 Å². The fraction of sp³-hybridized carbons (Fsp3) is 0.500. The van der Waals surface area contributed by atoms with Crippen LogP contribution >= 0.6 is 0 Å². The SMILES string of the molecule is N#CC(CNCCCCCO)c1ccccc1. The maximum Gasteiger partial charge on any atom is 0.0837 e. The van der Waals surface area contributed by atoms with Gasteiger partial charge in [-0.15, -0.1) is 0 Å². The quantitative estimate of drug-likeness (QED) is 0.674. The molecule has 3 nitrogen and oxygen atoms in total. The standard InChI is InChI=1S/C14H20N2O/c15-11-14(13-7-3-1-4-8-13)12-16-9-5-2-6-10-17/h1,3-4,7-8,14,16-17H,2,5-6,9-10,12H2. The molecule has 1 aromatic rings. The molecule has 0 aliphatic carbocycles.